The van der Waals surface area contributed by atoms with Gasteiger partial charge in [0.25, 0.3) is 0 Å². The van der Waals surface area contributed by atoms with Crippen molar-refractivity contribution in [3.63, 3.8) is 0 Å². The Kier molecular flexibility index (Phi) is 4.06. The molecule has 0 aliphatic heterocycles. The molecule has 2 nitrogen and oxygen atoms in total. The van der Waals surface area contributed by atoms with Gasteiger partial charge in [-0.25, -0.2) is 0 Å². The van der Waals surface area contributed by atoms with E-state index < -0.39 is 0 Å². The van der Waals surface area contributed by atoms with E-state index in [0.29, 0.717) is 11.4 Å². The van der Waals surface area contributed by atoms with Crippen molar-refractivity contribution in [2.75, 3.05) is 0 Å². The molecule has 0 saturated heterocycles. The van der Waals surface area contributed by atoms with Crippen molar-refractivity contribution >= 4 is 24.8 Å². The summed E-state index contributed by atoms with van der Waals surface area (Å²) in [5, 5.41) is 1.47. The third-order valence-electron chi connectivity index (χ3n) is 2.00. The Bertz CT molecular complexity index is 419. The van der Waals surface area contributed by atoms with Crippen molar-refractivity contribution in [1.29, 1.82) is 0 Å². The van der Waals surface area contributed by atoms with Gasteiger partial charge < -0.3 is 11.5 Å². The second-order valence-electron chi connectivity index (χ2n) is 3.02. The van der Waals surface area contributed by atoms with E-state index in [0.717, 1.165) is 11.1 Å². The molecule has 0 amide bonds. The smallest absolute Gasteiger partial charge is 0.0609 e. The Balaban J connectivity index is 3.13. The normalized spacial score (nSPS) is 12.6. The largest absolute Gasteiger partial charge is 0.397 e. The van der Waals surface area contributed by atoms with E-state index in [1.54, 1.807) is 12.2 Å². The van der Waals surface area contributed by atoms with Gasteiger partial charge in [0.1, 0.15) is 0 Å². The van der Waals surface area contributed by atoms with E-state index in [2.05, 4.69) is 19.2 Å². The third-order valence-corrected chi connectivity index (χ3v) is 2.28. The molecule has 0 unspecified atom stereocenters. The van der Waals surface area contributed by atoms with Crippen molar-refractivity contribution in [3.8, 4) is 0 Å². The first-order valence-electron chi connectivity index (χ1n) is 4.48. The highest BCUT2D eigenvalue weighted by Crippen LogP contribution is 2.14. The van der Waals surface area contributed by atoms with E-state index in [4.69, 9.17) is 11.5 Å². The van der Waals surface area contributed by atoms with Gasteiger partial charge in [-0.05, 0) is 22.6 Å². The van der Waals surface area contributed by atoms with E-state index in [1.165, 1.54) is 5.41 Å². The maximum atomic E-state index is 5.77. The van der Waals surface area contributed by atoms with Crippen LogP contribution in [0, 0.1) is 0 Å². The maximum absolute atomic E-state index is 5.77. The van der Waals surface area contributed by atoms with Crippen LogP contribution in [0.1, 0.15) is 11.1 Å². The molecule has 0 saturated carbocycles. The molecule has 0 atom stereocenters. The first kappa shape index (κ1) is 11.5. The molecule has 78 valence electrons. The van der Waals surface area contributed by atoms with Crippen LogP contribution < -0.4 is 11.5 Å². The lowest BCUT2D eigenvalue weighted by molar-refractivity contribution is 1.27. The van der Waals surface area contributed by atoms with E-state index in [-0.39, 0.29) is 0 Å². The van der Waals surface area contributed by atoms with Gasteiger partial charge in [-0.1, -0.05) is 36.9 Å². The molecular weight excluding hydrogens is 204 g/mol. The molecule has 4 N–H and O–H groups in total. The molecule has 1 rings (SSSR count). The number of thiol groups is 1. The van der Waals surface area contributed by atoms with Gasteiger partial charge in [0.15, 0.2) is 0 Å². The molecule has 0 bridgehead atoms. The highest BCUT2D eigenvalue weighted by Gasteiger charge is 1.98. The molecule has 1 aromatic carbocycles. The summed E-state index contributed by atoms with van der Waals surface area (Å²) >= 11 is 3.94. The lowest BCUT2D eigenvalue weighted by atomic mass is 10.1. The highest BCUT2D eigenvalue weighted by atomic mass is 32.1. The number of rotatable bonds is 3. The Morgan fingerprint density at radius 3 is 2.27 bits per heavy atom. The van der Waals surface area contributed by atoms with Crippen LogP contribution in [-0.2, 0) is 0 Å². The summed E-state index contributed by atoms with van der Waals surface area (Å²) in [6.45, 7) is 3.73. The fraction of sp³-hybridized carbons (Fsp3) is 0. The lowest BCUT2D eigenvalue weighted by Gasteiger charge is -2.03. The standard InChI is InChI=1S/C12H14N2S/c1-2-9-5-3-4-6-10(9)7-11(13)12(14)8-15/h2-8,15H,1,13-14H2/b11-7-,12-8-. The van der Waals surface area contributed by atoms with E-state index in [9.17, 15) is 0 Å². The van der Waals surface area contributed by atoms with Gasteiger partial charge >= 0.3 is 0 Å². The Labute approximate surface area is 95.4 Å². The zero-order valence-electron chi connectivity index (χ0n) is 8.35. The summed E-state index contributed by atoms with van der Waals surface area (Å²) in [4.78, 5) is 0. The van der Waals surface area contributed by atoms with E-state index in [1.807, 2.05) is 24.3 Å². The van der Waals surface area contributed by atoms with Gasteiger partial charge in [0, 0.05) is 0 Å². The summed E-state index contributed by atoms with van der Waals surface area (Å²) in [6, 6.07) is 7.80. The van der Waals surface area contributed by atoms with Crippen LogP contribution >= 0.6 is 12.6 Å². The zero-order valence-corrected chi connectivity index (χ0v) is 9.24. The number of nitrogens with two attached hydrogens (primary N) is 2. The fourth-order valence-corrected chi connectivity index (χ4v) is 1.30. The Morgan fingerprint density at radius 1 is 1.13 bits per heavy atom. The number of benzene rings is 1. The SMILES string of the molecule is C=Cc1ccccc1/C=C(N)/C(N)=C/S. The Morgan fingerprint density at radius 2 is 1.73 bits per heavy atom. The third kappa shape index (κ3) is 2.92. The van der Waals surface area contributed by atoms with Gasteiger partial charge in [0.05, 0.1) is 11.4 Å². The van der Waals surface area contributed by atoms with Gasteiger partial charge in [0.2, 0.25) is 0 Å². The van der Waals surface area contributed by atoms with Crippen LogP contribution in [0.4, 0.5) is 0 Å². The van der Waals surface area contributed by atoms with Crippen LogP contribution in [0.2, 0.25) is 0 Å². The minimum atomic E-state index is 0.456. The molecule has 0 spiro atoms. The summed E-state index contributed by atoms with van der Waals surface area (Å²) in [5.74, 6) is 0. The van der Waals surface area contributed by atoms with Gasteiger partial charge in [-0.3, -0.25) is 0 Å². The summed E-state index contributed by atoms with van der Waals surface area (Å²) in [5.41, 5.74) is 14.4. The molecule has 1 aromatic rings. The summed E-state index contributed by atoms with van der Waals surface area (Å²) < 4.78 is 0. The second-order valence-corrected chi connectivity index (χ2v) is 3.28. The predicted octanol–water partition coefficient (Wildman–Crippen LogP) is 2.36. The van der Waals surface area contributed by atoms with Gasteiger partial charge in [-0.2, -0.15) is 0 Å². The topological polar surface area (TPSA) is 52.0 Å². The predicted molar refractivity (Wildman–Crippen MR) is 70.0 cm³/mol. The second kappa shape index (κ2) is 5.32. The quantitative estimate of drug-likeness (QED) is 0.539. The monoisotopic (exact) mass is 218 g/mol. The Hall–Kier alpha value is -1.61. The molecule has 0 aliphatic rings. The van der Waals surface area contributed by atoms with E-state index >= 15 is 0 Å². The van der Waals surface area contributed by atoms with Crippen molar-refractivity contribution in [3.05, 3.63) is 58.8 Å². The number of hydrogen-bond acceptors (Lipinski definition) is 3. The summed E-state index contributed by atoms with van der Waals surface area (Å²) in [7, 11) is 0. The van der Waals surface area contributed by atoms with Crippen LogP contribution in [0.25, 0.3) is 12.2 Å². The first-order valence-corrected chi connectivity index (χ1v) is 4.99. The molecule has 0 radical (unpaired) electrons. The maximum Gasteiger partial charge on any atom is 0.0609 e. The van der Waals surface area contributed by atoms with Crippen molar-refractivity contribution in [2.45, 2.75) is 0 Å². The molecule has 3 heteroatoms. The average molecular weight is 218 g/mol. The zero-order chi connectivity index (χ0) is 11.3. The van der Waals surface area contributed by atoms with Crippen LogP contribution in [0.3, 0.4) is 0 Å². The molecule has 0 heterocycles. The fourth-order valence-electron chi connectivity index (χ4n) is 1.15. The van der Waals surface area contributed by atoms with Gasteiger partial charge in [-0.15, -0.1) is 12.6 Å². The van der Waals surface area contributed by atoms with Crippen molar-refractivity contribution < 1.29 is 0 Å². The molecule has 0 aliphatic carbocycles. The summed E-state index contributed by atoms with van der Waals surface area (Å²) in [6.07, 6.45) is 3.58. The molecule has 0 fully saturated rings. The number of hydrogen-bond donors (Lipinski definition) is 3. The molecule has 15 heavy (non-hydrogen) atoms. The lowest BCUT2D eigenvalue weighted by Crippen LogP contribution is -2.08. The van der Waals surface area contributed by atoms with Crippen molar-refractivity contribution in [1.82, 2.24) is 0 Å². The van der Waals surface area contributed by atoms with Crippen LogP contribution in [-0.4, -0.2) is 0 Å². The first-order chi connectivity index (χ1) is 7.19. The average Bonchev–Trinajstić information content (AvgIpc) is 2.28. The minimum Gasteiger partial charge on any atom is -0.397 e. The van der Waals surface area contributed by atoms with Crippen molar-refractivity contribution in [2.24, 2.45) is 11.5 Å². The molecular formula is C12H14N2S. The minimum absolute atomic E-state index is 0.456. The van der Waals surface area contributed by atoms with Crippen LogP contribution in [0.15, 0.2) is 47.6 Å². The van der Waals surface area contributed by atoms with Crippen LogP contribution in [0.5, 0.6) is 0 Å². The molecule has 0 aromatic heterocycles. The highest BCUT2D eigenvalue weighted by molar-refractivity contribution is 7.83.